The molecule has 0 aromatic heterocycles. The fraction of sp³-hybridized carbons (Fsp3) is 0.652. The van der Waals surface area contributed by atoms with E-state index >= 15 is 0 Å². The van der Waals surface area contributed by atoms with Crippen LogP contribution in [0.5, 0.6) is 0 Å². The maximum Gasteiger partial charge on any atom is 0.420 e. The van der Waals surface area contributed by atoms with Gasteiger partial charge < -0.3 is 9.47 Å². The highest BCUT2D eigenvalue weighted by atomic mass is 35.5. The van der Waals surface area contributed by atoms with Gasteiger partial charge in [0.2, 0.25) is 0 Å². The van der Waals surface area contributed by atoms with Crippen LogP contribution in [0.25, 0.3) is 0 Å². The summed E-state index contributed by atoms with van der Waals surface area (Å²) in [6.07, 6.45) is 0.0648. The van der Waals surface area contributed by atoms with Crippen LogP contribution in [0.1, 0.15) is 65.5 Å². The van der Waals surface area contributed by atoms with Crippen LogP contribution in [0.2, 0.25) is 0 Å². The van der Waals surface area contributed by atoms with E-state index in [1.165, 1.54) is 10.5 Å². The van der Waals surface area contributed by atoms with Gasteiger partial charge in [0, 0.05) is 31.6 Å². The highest BCUT2D eigenvalue weighted by Crippen LogP contribution is 2.23. The van der Waals surface area contributed by atoms with E-state index in [-0.39, 0.29) is 6.04 Å². The Hall–Kier alpha value is -1.79. The molecule has 0 aliphatic carbocycles. The molecule has 1 aromatic carbocycles. The summed E-state index contributed by atoms with van der Waals surface area (Å²) in [5.41, 5.74) is 0.948. The van der Waals surface area contributed by atoms with Crippen molar-refractivity contribution < 1.29 is 19.1 Å². The van der Waals surface area contributed by atoms with E-state index in [1.54, 1.807) is 41.5 Å². The molecule has 0 N–H and O–H groups in total. The number of likely N-dealkylation sites (tertiary alicyclic amines) is 1. The molecule has 168 valence electrons. The summed E-state index contributed by atoms with van der Waals surface area (Å²) in [6.45, 7) is 13.1. The Morgan fingerprint density at radius 2 is 1.37 bits per heavy atom. The van der Waals surface area contributed by atoms with Crippen LogP contribution >= 0.6 is 11.6 Å². The Balaban J connectivity index is 2.03. The van der Waals surface area contributed by atoms with Crippen LogP contribution < -0.4 is 0 Å². The van der Waals surface area contributed by atoms with Crippen LogP contribution in [0.4, 0.5) is 9.59 Å². The Morgan fingerprint density at radius 1 is 0.933 bits per heavy atom. The van der Waals surface area contributed by atoms with Gasteiger partial charge in [-0.15, -0.1) is 11.6 Å². The van der Waals surface area contributed by atoms with Crippen molar-refractivity contribution in [3.63, 3.8) is 0 Å². The highest BCUT2D eigenvalue weighted by Gasteiger charge is 2.38. The zero-order valence-corrected chi connectivity index (χ0v) is 19.8. The number of rotatable bonds is 4. The molecule has 2 amide bonds. The topological polar surface area (TPSA) is 59.1 Å². The summed E-state index contributed by atoms with van der Waals surface area (Å²) in [5, 5.41) is 0. The van der Waals surface area contributed by atoms with Gasteiger partial charge in [-0.2, -0.15) is 0 Å². The molecule has 0 spiro atoms. The summed E-state index contributed by atoms with van der Waals surface area (Å²) in [4.78, 5) is 29.1. The number of ether oxygens (including phenoxy) is 2. The number of halogens is 1. The SMILES string of the molecule is CC(C)(C)OC(=O)N(C(=O)OC(C)(C)C)C1CCN(Cc2ccc(CCl)cc2)CC1. The van der Waals surface area contributed by atoms with Crippen molar-refractivity contribution in [3.05, 3.63) is 35.4 Å². The number of benzene rings is 1. The standard InChI is InChI=1S/C23H35ClN2O4/c1-22(2,3)29-20(27)26(21(28)30-23(4,5)6)19-11-13-25(14-12-19)16-18-9-7-17(15-24)8-10-18/h7-10,19H,11-16H2,1-6H3. The van der Waals surface area contributed by atoms with E-state index < -0.39 is 23.4 Å². The van der Waals surface area contributed by atoms with Crippen molar-refractivity contribution in [1.82, 2.24) is 9.80 Å². The molecule has 0 unspecified atom stereocenters. The van der Waals surface area contributed by atoms with Crippen molar-refractivity contribution in [3.8, 4) is 0 Å². The lowest BCUT2D eigenvalue weighted by Crippen LogP contribution is -2.52. The second-order valence-electron chi connectivity index (χ2n) is 9.79. The number of piperidine rings is 1. The average molecular weight is 439 g/mol. The summed E-state index contributed by atoms with van der Waals surface area (Å²) >= 11 is 5.86. The maximum absolute atomic E-state index is 12.8. The molecular weight excluding hydrogens is 404 g/mol. The minimum absolute atomic E-state index is 0.246. The Labute approximate surface area is 185 Å². The zero-order chi connectivity index (χ0) is 22.5. The van der Waals surface area contributed by atoms with Crippen molar-refractivity contribution in [1.29, 1.82) is 0 Å². The normalized spacial score (nSPS) is 16.2. The number of hydrogen-bond donors (Lipinski definition) is 0. The average Bonchev–Trinajstić information content (AvgIpc) is 2.61. The van der Waals surface area contributed by atoms with Gasteiger partial charge in [-0.3, -0.25) is 4.90 Å². The number of nitrogens with zero attached hydrogens (tertiary/aromatic N) is 2. The lowest BCUT2D eigenvalue weighted by molar-refractivity contribution is -0.0139. The van der Waals surface area contributed by atoms with Gasteiger partial charge in [0.25, 0.3) is 0 Å². The van der Waals surface area contributed by atoms with Crippen molar-refractivity contribution in [2.75, 3.05) is 13.1 Å². The maximum atomic E-state index is 12.8. The second-order valence-corrected chi connectivity index (χ2v) is 10.1. The van der Waals surface area contributed by atoms with E-state index in [1.807, 2.05) is 12.1 Å². The summed E-state index contributed by atoms with van der Waals surface area (Å²) in [6, 6.07) is 8.03. The lowest BCUT2D eigenvalue weighted by atomic mass is 10.0. The van der Waals surface area contributed by atoms with Crippen molar-refractivity contribution in [2.24, 2.45) is 0 Å². The molecule has 1 fully saturated rings. The summed E-state index contributed by atoms with van der Waals surface area (Å²) in [7, 11) is 0. The number of alkyl halides is 1. The molecule has 0 bridgehead atoms. The van der Waals surface area contributed by atoms with Crippen molar-refractivity contribution >= 4 is 23.8 Å². The Morgan fingerprint density at radius 3 is 1.77 bits per heavy atom. The number of hydrogen-bond acceptors (Lipinski definition) is 5. The minimum Gasteiger partial charge on any atom is -0.443 e. The predicted octanol–water partition coefficient (Wildman–Crippen LogP) is 5.56. The van der Waals surface area contributed by atoms with E-state index in [2.05, 4.69) is 17.0 Å². The third-order valence-electron chi connectivity index (χ3n) is 4.69. The Bertz CT molecular complexity index is 686. The molecule has 0 atom stereocenters. The fourth-order valence-electron chi connectivity index (χ4n) is 3.32. The molecule has 6 nitrogen and oxygen atoms in total. The number of carbonyl (C=O) groups is 2. The molecule has 0 saturated carbocycles. The first-order chi connectivity index (χ1) is 13.9. The predicted molar refractivity (Wildman–Crippen MR) is 119 cm³/mol. The summed E-state index contributed by atoms with van der Waals surface area (Å²) < 4.78 is 11.0. The second kappa shape index (κ2) is 10.0. The largest absolute Gasteiger partial charge is 0.443 e. The molecule has 0 radical (unpaired) electrons. The van der Waals surface area contributed by atoms with E-state index in [9.17, 15) is 9.59 Å². The van der Waals surface area contributed by atoms with Gasteiger partial charge >= 0.3 is 12.2 Å². The molecular formula is C23H35ClN2O4. The minimum atomic E-state index is -0.687. The van der Waals surface area contributed by atoms with Gasteiger partial charge in [0.1, 0.15) is 11.2 Å². The smallest absolute Gasteiger partial charge is 0.420 e. The van der Waals surface area contributed by atoms with Crippen LogP contribution in [0.3, 0.4) is 0 Å². The molecule has 1 aromatic rings. The lowest BCUT2D eigenvalue weighted by Gasteiger charge is -2.38. The van der Waals surface area contributed by atoms with Gasteiger partial charge in [-0.25, -0.2) is 14.5 Å². The number of amides is 2. The number of carbonyl (C=O) groups excluding carboxylic acids is 2. The molecule has 2 rings (SSSR count). The molecule has 7 heteroatoms. The van der Waals surface area contributed by atoms with E-state index in [0.717, 1.165) is 25.2 Å². The fourth-order valence-corrected chi connectivity index (χ4v) is 3.50. The van der Waals surface area contributed by atoms with Gasteiger partial charge in [-0.1, -0.05) is 24.3 Å². The van der Waals surface area contributed by atoms with Gasteiger partial charge in [0.15, 0.2) is 0 Å². The zero-order valence-electron chi connectivity index (χ0n) is 19.0. The van der Waals surface area contributed by atoms with E-state index in [4.69, 9.17) is 21.1 Å². The summed E-state index contributed by atoms with van der Waals surface area (Å²) in [5.74, 6) is 0.511. The molecule has 1 aliphatic rings. The van der Waals surface area contributed by atoms with E-state index in [0.29, 0.717) is 18.7 Å². The third kappa shape index (κ3) is 7.80. The van der Waals surface area contributed by atoms with Crippen LogP contribution in [0, 0.1) is 0 Å². The Kier molecular flexibility index (Phi) is 8.17. The quantitative estimate of drug-likeness (QED) is 0.576. The van der Waals surface area contributed by atoms with Crippen LogP contribution in [-0.2, 0) is 21.9 Å². The third-order valence-corrected chi connectivity index (χ3v) is 4.99. The molecule has 1 aliphatic heterocycles. The first-order valence-electron chi connectivity index (χ1n) is 10.5. The van der Waals surface area contributed by atoms with Crippen LogP contribution in [0.15, 0.2) is 24.3 Å². The van der Waals surface area contributed by atoms with Crippen molar-refractivity contribution in [2.45, 2.75) is 84.1 Å². The van der Waals surface area contributed by atoms with Gasteiger partial charge in [0.05, 0.1) is 0 Å². The number of imide groups is 1. The first kappa shape index (κ1) is 24.5. The molecule has 1 heterocycles. The monoisotopic (exact) mass is 438 g/mol. The highest BCUT2D eigenvalue weighted by molar-refractivity contribution is 6.17. The molecule has 1 saturated heterocycles. The van der Waals surface area contributed by atoms with Gasteiger partial charge in [-0.05, 0) is 65.5 Å². The molecule has 30 heavy (non-hydrogen) atoms. The first-order valence-corrected chi connectivity index (χ1v) is 11.0. The van der Waals surface area contributed by atoms with Crippen LogP contribution in [-0.4, -0.2) is 52.3 Å².